The van der Waals surface area contributed by atoms with Crippen LogP contribution in [0.1, 0.15) is 17.1 Å². The van der Waals surface area contributed by atoms with E-state index in [4.69, 9.17) is 4.74 Å². The maximum Gasteiger partial charge on any atom is 0.253 e. The molecule has 3 aromatic rings. The first kappa shape index (κ1) is 16.4. The third-order valence-corrected chi connectivity index (χ3v) is 4.51. The van der Waals surface area contributed by atoms with Crippen LogP contribution in [0.3, 0.4) is 0 Å². The van der Waals surface area contributed by atoms with Gasteiger partial charge in [0.1, 0.15) is 5.75 Å². The standard InChI is InChI=1S/C17H18BrN5O/c1-10-9-11(2)23(22-10)17-19-12(3)15(18)16(21-17)20-13-7-5-6-8-14(13)24-4/h5-9H,1-4H3,(H,19,20,21). The van der Waals surface area contributed by atoms with E-state index in [-0.39, 0.29) is 0 Å². The van der Waals surface area contributed by atoms with Gasteiger partial charge in [-0.2, -0.15) is 10.1 Å². The number of aryl methyl sites for hydroxylation is 3. The quantitative estimate of drug-likeness (QED) is 0.729. The molecule has 0 unspecified atom stereocenters. The van der Waals surface area contributed by atoms with E-state index in [2.05, 4.69) is 36.3 Å². The number of methoxy groups -OCH3 is 1. The van der Waals surface area contributed by atoms with Crippen molar-refractivity contribution in [2.24, 2.45) is 0 Å². The second kappa shape index (κ2) is 6.60. The van der Waals surface area contributed by atoms with Gasteiger partial charge < -0.3 is 10.1 Å². The largest absolute Gasteiger partial charge is 0.495 e. The summed E-state index contributed by atoms with van der Waals surface area (Å²) >= 11 is 3.56. The van der Waals surface area contributed by atoms with Crippen molar-refractivity contribution in [1.82, 2.24) is 19.7 Å². The number of hydrogen-bond donors (Lipinski definition) is 1. The molecule has 24 heavy (non-hydrogen) atoms. The molecule has 0 aliphatic rings. The van der Waals surface area contributed by atoms with Crippen molar-refractivity contribution in [1.29, 1.82) is 0 Å². The van der Waals surface area contributed by atoms with Crippen molar-refractivity contribution in [3.63, 3.8) is 0 Å². The van der Waals surface area contributed by atoms with E-state index in [0.717, 1.165) is 33.0 Å². The predicted molar refractivity (Wildman–Crippen MR) is 97.3 cm³/mol. The Morgan fingerprint density at radius 1 is 1.12 bits per heavy atom. The van der Waals surface area contributed by atoms with Gasteiger partial charge >= 0.3 is 0 Å². The van der Waals surface area contributed by atoms with Gasteiger partial charge in [-0.3, -0.25) is 0 Å². The molecule has 0 radical (unpaired) electrons. The van der Waals surface area contributed by atoms with Crippen LogP contribution in [-0.2, 0) is 0 Å². The first-order valence-corrected chi connectivity index (χ1v) is 8.26. The van der Waals surface area contributed by atoms with Crippen LogP contribution in [0.25, 0.3) is 5.95 Å². The van der Waals surface area contributed by atoms with Crippen LogP contribution >= 0.6 is 15.9 Å². The molecule has 1 N–H and O–H groups in total. The molecule has 124 valence electrons. The zero-order chi connectivity index (χ0) is 17.3. The number of para-hydroxylation sites is 2. The van der Waals surface area contributed by atoms with Gasteiger partial charge in [0, 0.05) is 5.69 Å². The first-order valence-electron chi connectivity index (χ1n) is 7.47. The molecule has 0 spiro atoms. The Kier molecular flexibility index (Phi) is 4.53. The number of nitrogens with one attached hydrogen (secondary N) is 1. The van der Waals surface area contributed by atoms with E-state index in [9.17, 15) is 0 Å². The van der Waals surface area contributed by atoms with E-state index < -0.39 is 0 Å². The van der Waals surface area contributed by atoms with E-state index in [0.29, 0.717) is 11.8 Å². The molecule has 3 rings (SSSR count). The topological polar surface area (TPSA) is 64.9 Å². The van der Waals surface area contributed by atoms with E-state index >= 15 is 0 Å². The van der Waals surface area contributed by atoms with Gasteiger partial charge in [-0.1, -0.05) is 12.1 Å². The highest BCUT2D eigenvalue weighted by Crippen LogP contribution is 2.31. The van der Waals surface area contributed by atoms with Crippen LogP contribution in [0.5, 0.6) is 5.75 Å². The minimum absolute atomic E-state index is 0.527. The number of aromatic nitrogens is 4. The van der Waals surface area contributed by atoms with Crippen molar-refractivity contribution >= 4 is 27.4 Å². The van der Waals surface area contributed by atoms with Gasteiger partial charge in [0.15, 0.2) is 5.82 Å². The number of hydrogen-bond acceptors (Lipinski definition) is 5. The van der Waals surface area contributed by atoms with Crippen LogP contribution in [0, 0.1) is 20.8 Å². The van der Waals surface area contributed by atoms with Crippen molar-refractivity contribution in [2.45, 2.75) is 20.8 Å². The minimum Gasteiger partial charge on any atom is -0.495 e. The van der Waals surface area contributed by atoms with Gasteiger partial charge in [0.05, 0.1) is 28.7 Å². The molecule has 0 aliphatic carbocycles. The lowest BCUT2D eigenvalue weighted by Crippen LogP contribution is -2.09. The van der Waals surface area contributed by atoms with Crippen LogP contribution in [0.15, 0.2) is 34.8 Å². The summed E-state index contributed by atoms with van der Waals surface area (Å²) in [4.78, 5) is 9.16. The lowest BCUT2D eigenvalue weighted by atomic mass is 10.3. The smallest absolute Gasteiger partial charge is 0.253 e. The van der Waals surface area contributed by atoms with Crippen LogP contribution in [-0.4, -0.2) is 26.9 Å². The average Bonchev–Trinajstić information content (AvgIpc) is 2.90. The van der Waals surface area contributed by atoms with Gasteiger partial charge in [-0.15, -0.1) is 0 Å². The fraction of sp³-hybridized carbons (Fsp3) is 0.235. The Morgan fingerprint density at radius 2 is 1.88 bits per heavy atom. The summed E-state index contributed by atoms with van der Waals surface area (Å²) in [5, 5.41) is 7.76. The molecule has 0 amide bonds. The SMILES string of the molecule is COc1ccccc1Nc1nc(-n2nc(C)cc2C)nc(C)c1Br. The van der Waals surface area contributed by atoms with Gasteiger partial charge in [-0.05, 0) is 54.9 Å². The average molecular weight is 388 g/mol. The molecule has 1 aromatic carbocycles. The summed E-state index contributed by atoms with van der Waals surface area (Å²) in [5.74, 6) is 1.93. The molecule has 2 heterocycles. The third kappa shape index (κ3) is 3.12. The molecule has 0 fully saturated rings. The zero-order valence-corrected chi connectivity index (χ0v) is 15.5. The molecular formula is C17H18BrN5O. The fourth-order valence-electron chi connectivity index (χ4n) is 2.43. The lowest BCUT2D eigenvalue weighted by molar-refractivity contribution is 0.417. The number of ether oxygens (including phenoxy) is 1. The van der Waals surface area contributed by atoms with Gasteiger partial charge in [0.25, 0.3) is 5.95 Å². The summed E-state index contributed by atoms with van der Waals surface area (Å²) in [6.07, 6.45) is 0. The van der Waals surface area contributed by atoms with Crippen LogP contribution < -0.4 is 10.1 Å². The van der Waals surface area contributed by atoms with E-state index in [1.807, 2.05) is 51.1 Å². The molecule has 0 atom stereocenters. The van der Waals surface area contributed by atoms with E-state index in [1.165, 1.54) is 0 Å². The third-order valence-electron chi connectivity index (χ3n) is 3.56. The number of anilines is 2. The summed E-state index contributed by atoms with van der Waals surface area (Å²) in [7, 11) is 1.64. The maximum absolute atomic E-state index is 5.39. The summed E-state index contributed by atoms with van der Waals surface area (Å²) < 4.78 is 7.93. The Labute approximate surface area is 149 Å². The second-order valence-electron chi connectivity index (χ2n) is 5.44. The highest BCUT2D eigenvalue weighted by molar-refractivity contribution is 9.10. The molecule has 0 saturated carbocycles. The Morgan fingerprint density at radius 3 is 2.54 bits per heavy atom. The van der Waals surface area contributed by atoms with Crippen molar-refractivity contribution in [2.75, 3.05) is 12.4 Å². The summed E-state index contributed by atoms with van der Waals surface area (Å²) in [5.41, 5.74) is 3.57. The summed E-state index contributed by atoms with van der Waals surface area (Å²) in [6, 6.07) is 9.69. The van der Waals surface area contributed by atoms with E-state index in [1.54, 1.807) is 11.8 Å². The number of nitrogens with zero attached hydrogens (tertiary/aromatic N) is 4. The molecule has 6 nitrogen and oxygen atoms in total. The minimum atomic E-state index is 0.527. The highest BCUT2D eigenvalue weighted by Gasteiger charge is 2.14. The Balaban J connectivity index is 2.06. The lowest BCUT2D eigenvalue weighted by Gasteiger charge is -2.14. The first-order chi connectivity index (χ1) is 11.5. The molecule has 7 heteroatoms. The van der Waals surface area contributed by atoms with Crippen molar-refractivity contribution in [3.05, 3.63) is 51.9 Å². The highest BCUT2D eigenvalue weighted by atomic mass is 79.9. The van der Waals surface area contributed by atoms with Crippen molar-refractivity contribution in [3.8, 4) is 11.7 Å². The molecule has 0 aliphatic heterocycles. The normalized spacial score (nSPS) is 10.7. The van der Waals surface area contributed by atoms with Gasteiger partial charge in [0.2, 0.25) is 0 Å². The molecule has 2 aromatic heterocycles. The van der Waals surface area contributed by atoms with Gasteiger partial charge in [-0.25, -0.2) is 9.67 Å². The van der Waals surface area contributed by atoms with Crippen LogP contribution in [0.2, 0.25) is 0 Å². The molecule has 0 saturated heterocycles. The maximum atomic E-state index is 5.39. The zero-order valence-electron chi connectivity index (χ0n) is 14.0. The van der Waals surface area contributed by atoms with Crippen molar-refractivity contribution < 1.29 is 4.74 Å². The Bertz CT molecular complexity index is 891. The number of benzene rings is 1. The molecular weight excluding hydrogens is 370 g/mol. The monoisotopic (exact) mass is 387 g/mol. The second-order valence-corrected chi connectivity index (χ2v) is 6.23. The number of rotatable bonds is 4. The number of halogens is 1. The Hall–Kier alpha value is -2.41. The predicted octanol–water partition coefficient (Wildman–Crippen LogP) is 4.10. The van der Waals surface area contributed by atoms with Crippen LogP contribution in [0.4, 0.5) is 11.5 Å². The summed E-state index contributed by atoms with van der Waals surface area (Å²) in [6.45, 7) is 5.85. The fourth-order valence-corrected chi connectivity index (χ4v) is 2.71. The molecule has 0 bridgehead atoms.